The molecule has 0 radical (unpaired) electrons. The number of likely N-dealkylation sites (tertiary alicyclic amines) is 1. The Kier molecular flexibility index (Phi) is 9.23. The molecule has 2 amide bonds. The van der Waals surface area contributed by atoms with Crippen molar-refractivity contribution in [3.8, 4) is 6.07 Å². The minimum absolute atomic E-state index is 0.0562. The summed E-state index contributed by atoms with van der Waals surface area (Å²) in [5.41, 5.74) is 0.994. The Morgan fingerprint density at radius 1 is 1.23 bits per heavy atom. The standard InChI is InChI=1S/C25H32N6O3S/c1-4-27-23(33)20(14-26)25-31(5-2)24(34)21(35-25)15-28-18-7-6-8-19(13-18)29-22(32)16-30-11-9-17(3)10-12-30/h6-8,13,15,17,28H,4-5,9-12,16H2,1-3H3,(H,27,33)(H,29,32). The molecule has 10 heteroatoms. The van der Waals surface area contributed by atoms with Gasteiger partial charge in [-0.2, -0.15) is 5.26 Å². The number of aromatic nitrogens is 1. The minimum atomic E-state index is -0.500. The van der Waals surface area contributed by atoms with Gasteiger partial charge in [0, 0.05) is 30.7 Å². The lowest BCUT2D eigenvalue weighted by Crippen LogP contribution is -2.38. The second kappa shape index (κ2) is 12.3. The molecular weight excluding hydrogens is 464 g/mol. The molecule has 35 heavy (non-hydrogen) atoms. The Balaban J connectivity index is 1.77. The fourth-order valence-corrected chi connectivity index (χ4v) is 4.98. The number of nitrogens with zero attached hydrogens (tertiary/aromatic N) is 3. The van der Waals surface area contributed by atoms with Gasteiger partial charge in [0.15, 0.2) is 5.57 Å². The van der Waals surface area contributed by atoms with Crippen LogP contribution in [0.2, 0.25) is 0 Å². The van der Waals surface area contributed by atoms with E-state index >= 15 is 0 Å². The summed E-state index contributed by atoms with van der Waals surface area (Å²) in [7, 11) is 0. The van der Waals surface area contributed by atoms with E-state index in [0.717, 1.165) is 37.3 Å². The third kappa shape index (κ3) is 6.81. The number of benzene rings is 1. The molecular formula is C25H32N6O3S. The maximum absolute atomic E-state index is 12.9. The van der Waals surface area contributed by atoms with Gasteiger partial charge in [0.25, 0.3) is 11.5 Å². The Morgan fingerprint density at radius 3 is 2.60 bits per heavy atom. The second-order valence-corrected chi connectivity index (χ2v) is 9.57. The van der Waals surface area contributed by atoms with Gasteiger partial charge in [-0.05, 0) is 63.9 Å². The van der Waals surface area contributed by atoms with Crippen LogP contribution in [0, 0.1) is 17.2 Å². The zero-order chi connectivity index (χ0) is 25.4. The first-order chi connectivity index (χ1) is 16.9. The van der Waals surface area contributed by atoms with E-state index in [1.165, 1.54) is 4.57 Å². The van der Waals surface area contributed by atoms with Crippen molar-refractivity contribution < 1.29 is 9.59 Å². The maximum atomic E-state index is 12.9. The van der Waals surface area contributed by atoms with Crippen LogP contribution in [0.15, 0.2) is 29.1 Å². The molecule has 186 valence electrons. The quantitative estimate of drug-likeness (QED) is 0.506. The fourth-order valence-electron chi connectivity index (χ4n) is 3.90. The number of piperidine rings is 1. The first kappa shape index (κ1) is 26.2. The van der Waals surface area contributed by atoms with Crippen molar-refractivity contribution in [2.24, 2.45) is 5.92 Å². The molecule has 2 heterocycles. The summed E-state index contributed by atoms with van der Waals surface area (Å²) in [6, 6.07) is 9.17. The van der Waals surface area contributed by atoms with E-state index in [2.05, 4.69) is 27.8 Å². The lowest BCUT2D eigenvalue weighted by molar-refractivity contribution is -0.117. The molecule has 1 fully saturated rings. The normalized spacial score (nSPS) is 15.9. The summed E-state index contributed by atoms with van der Waals surface area (Å²) in [5, 5.41) is 18.1. The van der Waals surface area contributed by atoms with Crippen LogP contribution in [0.4, 0.5) is 11.4 Å². The van der Waals surface area contributed by atoms with Crippen LogP contribution in [0.3, 0.4) is 0 Å². The van der Waals surface area contributed by atoms with Gasteiger partial charge in [-0.25, -0.2) is 0 Å². The van der Waals surface area contributed by atoms with Crippen LogP contribution in [0.5, 0.6) is 0 Å². The Bertz CT molecular complexity index is 1280. The molecule has 9 nitrogen and oxygen atoms in total. The molecule has 1 aromatic carbocycles. The van der Waals surface area contributed by atoms with Gasteiger partial charge in [0.05, 0.1) is 6.54 Å². The predicted octanol–water partition coefficient (Wildman–Crippen LogP) is 1.26. The molecule has 1 aromatic heterocycles. The van der Waals surface area contributed by atoms with Crippen LogP contribution < -0.4 is 30.7 Å². The number of carbonyl (C=O) groups excluding carboxylic acids is 2. The number of hydrogen-bond acceptors (Lipinski definition) is 7. The van der Waals surface area contributed by atoms with Crippen molar-refractivity contribution >= 4 is 46.3 Å². The van der Waals surface area contributed by atoms with Crippen molar-refractivity contribution in [3.05, 3.63) is 43.8 Å². The van der Waals surface area contributed by atoms with Gasteiger partial charge in [0.1, 0.15) is 15.3 Å². The summed E-state index contributed by atoms with van der Waals surface area (Å²) >= 11 is 1.09. The average Bonchev–Trinajstić information content (AvgIpc) is 3.15. The van der Waals surface area contributed by atoms with Crippen molar-refractivity contribution in [1.29, 1.82) is 5.26 Å². The summed E-state index contributed by atoms with van der Waals surface area (Å²) in [4.78, 5) is 39.8. The third-order valence-electron chi connectivity index (χ3n) is 5.87. The summed E-state index contributed by atoms with van der Waals surface area (Å²) in [6.07, 6.45) is 3.79. The van der Waals surface area contributed by atoms with Crippen LogP contribution in [0.1, 0.15) is 33.6 Å². The zero-order valence-corrected chi connectivity index (χ0v) is 21.2. The number of thiazole rings is 1. The molecule has 1 aliphatic rings. The van der Waals surface area contributed by atoms with Gasteiger partial charge < -0.3 is 16.0 Å². The maximum Gasteiger partial charge on any atom is 0.270 e. The predicted molar refractivity (Wildman–Crippen MR) is 139 cm³/mol. The van der Waals surface area contributed by atoms with Crippen LogP contribution in [0.25, 0.3) is 11.8 Å². The Hall–Kier alpha value is -3.42. The minimum Gasteiger partial charge on any atom is -0.360 e. The van der Waals surface area contributed by atoms with Crippen molar-refractivity contribution in [2.45, 2.75) is 40.2 Å². The molecule has 1 aliphatic heterocycles. The van der Waals surface area contributed by atoms with Gasteiger partial charge >= 0.3 is 0 Å². The van der Waals surface area contributed by atoms with E-state index in [9.17, 15) is 19.6 Å². The van der Waals surface area contributed by atoms with E-state index in [1.807, 2.05) is 24.3 Å². The highest BCUT2D eigenvalue weighted by atomic mass is 32.1. The molecule has 3 rings (SSSR count). The lowest BCUT2D eigenvalue weighted by atomic mass is 9.99. The highest BCUT2D eigenvalue weighted by Gasteiger charge is 2.18. The number of hydrogen-bond donors (Lipinski definition) is 3. The molecule has 0 atom stereocenters. The van der Waals surface area contributed by atoms with E-state index in [4.69, 9.17) is 0 Å². The van der Waals surface area contributed by atoms with Crippen LogP contribution in [-0.4, -0.2) is 47.5 Å². The molecule has 0 aliphatic carbocycles. The second-order valence-electron chi connectivity index (χ2n) is 8.54. The number of nitriles is 1. The number of amides is 2. The highest BCUT2D eigenvalue weighted by Crippen LogP contribution is 2.17. The molecule has 0 unspecified atom stereocenters. The van der Waals surface area contributed by atoms with Gasteiger partial charge in [-0.1, -0.05) is 13.0 Å². The van der Waals surface area contributed by atoms with Crippen LogP contribution in [-0.2, 0) is 16.1 Å². The number of rotatable bonds is 8. The van der Waals surface area contributed by atoms with Crippen LogP contribution >= 0.6 is 11.3 Å². The van der Waals surface area contributed by atoms with Crippen molar-refractivity contribution in [2.75, 3.05) is 36.8 Å². The van der Waals surface area contributed by atoms with E-state index in [0.29, 0.717) is 46.1 Å². The summed E-state index contributed by atoms with van der Waals surface area (Å²) in [5.74, 6) is 0.159. The lowest BCUT2D eigenvalue weighted by Gasteiger charge is -2.29. The fraction of sp³-hybridized carbons (Fsp3) is 0.440. The molecule has 1 saturated heterocycles. The molecule has 3 N–H and O–H groups in total. The number of nitrogens with one attached hydrogen (secondary N) is 3. The third-order valence-corrected chi connectivity index (χ3v) is 7.00. The topological polar surface area (TPSA) is 119 Å². The number of anilines is 2. The molecule has 0 bridgehead atoms. The largest absolute Gasteiger partial charge is 0.360 e. The summed E-state index contributed by atoms with van der Waals surface area (Å²) < 4.78 is 2.11. The van der Waals surface area contributed by atoms with Crippen molar-refractivity contribution in [1.82, 2.24) is 14.8 Å². The van der Waals surface area contributed by atoms with Gasteiger partial charge in [0.2, 0.25) is 5.91 Å². The molecule has 0 spiro atoms. The molecule has 0 saturated carbocycles. The van der Waals surface area contributed by atoms with E-state index in [1.54, 1.807) is 26.1 Å². The first-order valence-corrected chi connectivity index (χ1v) is 12.7. The monoisotopic (exact) mass is 496 g/mol. The van der Waals surface area contributed by atoms with E-state index < -0.39 is 5.91 Å². The van der Waals surface area contributed by atoms with Gasteiger partial charge in [-0.15, -0.1) is 11.3 Å². The smallest absolute Gasteiger partial charge is 0.270 e. The Labute approximate surface area is 208 Å². The number of carbonyl (C=O) groups is 2. The first-order valence-electron chi connectivity index (χ1n) is 11.9. The highest BCUT2D eigenvalue weighted by molar-refractivity contribution is 7.07. The van der Waals surface area contributed by atoms with Crippen molar-refractivity contribution in [3.63, 3.8) is 0 Å². The zero-order valence-electron chi connectivity index (χ0n) is 20.4. The molecule has 2 aromatic rings. The van der Waals surface area contributed by atoms with E-state index in [-0.39, 0.29) is 17.0 Å². The Morgan fingerprint density at radius 2 is 1.94 bits per heavy atom. The van der Waals surface area contributed by atoms with Gasteiger partial charge in [-0.3, -0.25) is 23.9 Å². The SMILES string of the molecule is CCNC(=O)C(C#N)=c1sc(=CNc2cccc(NC(=O)CN3CCC(C)CC3)c2)c(=O)n1CC. The summed E-state index contributed by atoms with van der Waals surface area (Å²) in [6.45, 7) is 8.76. The average molecular weight is 497 g/mol.